The van der Waals surface area contributed by atoms with E-state index in [-0.39, 0.29) is 0 Å². The normalized spacial score (nSPS) is 10.5. The molecule has 0 fully saturated rings. The molecule has 17 heavy (non-hydrogen) atoms. The van der Waals surface area contributed by atoms with Crippen LogP contribution in [-0.2, 0) is 5.75 Å². The van der Waals surface area contributed by atoms with Gasteiger partial charge >= 0.3 is 0 Å². The van der Waals surface area contributed by atoms with E-state index in [1.807, 2.05) is 18.2 Å². The van der Waals surface area contributed by atoms with Gasteiger partial charge < -0.3 is 0 Å². The van der Waals surface area contributed by atoms with Gasteiger partial charge in [-0.05, 0) is 35.9 Å². The number of aromatic nitrogens is 1. The Kier molecular flexibility index (Phi) is 4.57. The van der Waals surface area contributed by atoms with Gasteiger partial charge in [0.1, 0.15) is 5.15 Å². The molecule has 0 saturated carbocycles. The van der Waals surface area contributed by atoms with Gasteiger partial charge in [-0.2, -0.15) is 0 Å². The van der Waals surface area contributed by atoms with Crippen molar-refractivity contribution in [3.8, 4) is 0 Å². The molecule has 0 aliphatic rings. The minimum absolute atomic E-state index is 0.500. The first-order chi connectivity index (χ1) is 8.15. The summed E-state index contributed by atoms with van der Waals surface area (Å²) in [5, 5.41) is 1.89. The molecular weight excluding hydrogens is 297 g/mol. The van der Waals surface area contributed by atoms with Crippen LogP contribution in [0.1, 0.15) is 5.56 Å². The second-order valence-electron chi connectivity index (χ2n) is 3.35. The molecule has 0 unspecified atom stereocenters. The van der Waals surface area contributed by atoms with Crippen molar-refractivity contribution in [3.05, 3.63) is 57.3 Å². The zero-order valence-electron chi connectivity index (χ0n) is 8.66. The van der Waals surface area contributed by atoms with Crippen LogP contribution in [0.15, 0.2) is 41.4 Å². The van der Waals surface area contributed by atoms with Crippen LogP contribution in [0, 0.1) is 0 Å². The van der Waals surface area contributed by atoms with Crippen molar-refractivity contribution in [2.75, 3.05) is 0 Å². The predicted molar refractivity (Wildman–Crippen MR) is 75.3 cm³/mol. The summed E-state index contributed by atoms with van der Waals surface area (Å²) in [4.78, 5) is 4.90. The molecule has 88 valence electrons. The molecule has 0 amide bonds. The van der Waals surface area contributed by atoms with Crippen molar-refractivity contribution in [1.29, 1.82) is 0 Å². The van der Waals surface area contributed by atoms with E-state index in [0.29, 0.717) is 15.2 Å². The monoisotopic (exact) mass is 303 g/mol. The molecule has 0 N–H and O–H groups in total. The largest absolute Gasteiger partial charge is 0.245 e. The van der Waals surface area contributed by atoms with Crippen LogP contribution in [0.25, 0.3) is 0 Å². The molecule has 5 heteroatoms. The lowest BCUT2D eigenvalue weighted by Crippen LogP contribution is -1.83. The third kappa shape index (κ3) is 3.78. The van der Waals surface area contributed by atoms with Crippen molar-refractivity contribution in [2.24, 2.45) is 0 Å². The molecule has 1 nitrogen and oxygen atoms in total. The number of hydrogen-bond donors (Lipinski definition) is 0. The SMILES string of the molecule is Clc1ccc(Cl)c(SCc2ccnc(Cl)c2)c1. The van der Waals surface area contributed by atoms with Crippen LogP contribution in [0.4, 0.5) is 0 Å². The van der Waals surface area contributed by atoms with Crippen LogP contribution in [0.3, 0.4) is 0 Å². The highest BCUT2D eigenvalue weighted by molar-refractivity contribution is 7.98. The first-order valence-electron chi connectivity index (χ1n) is 4.83. The van der Waals surface area contributed by atoms with Crippen molar-refractivity contribution in [1.82, 2.24) is 4.98 Å². The van der Waals surface area contributed by atoms with Gasteiger partial charge in [-0.25, -0.2) is 4.98 Å². The quantitative estimate of drug-likeness (QED) is 0.561. The minimum Gasteiger partial charge on any atom is -0.245 e. The molecule has 0 bridgehead atoms. The number of hydrogen-bond acceptors (Lipinski definition) is 2. The summed E-state index contributed by atoms with van der Waals surface area (Å²) in [6.07, 6.45) is 1.69. The molecule has 2 rings (SSSR count). The number of nitrogens with zero attached hydrogens (tertiary/aromatic N) is 1. The number of pyridine rings is 1. The highest BCUT2D eigenvalue weighted by atomic mass is 35.5. The average Bonchev–Trinajstić information content (AvgIpc) is 2.30. The fraction of sp³-hybridized carbons (Fsp3) is 0.0833. The summed E-state index contributed by atoms with van der Waals surface area (Å²) >= 11 is 19.4. The molecule has 0 saturated heterocycles. The molecule has 0 aliphatic carbocycles. The minimum atomic E-state index is 0.500. The maximum absolute atomic E-state index is 6.08. The van der Waals surface area contributed by atoms with E-state index in [2.05, 4.69) is 4.98 Å². The Balaban J connectivity index is 2.09. The summed E-state index contributed by atoms with van der Waals surface area (Å²) < 4.78 is 0. The lowest BCUT2D eigenvalue weighted by atomic mass is 10.3. The standard InChI is InChI=1S/C12H8Cl3NS/c13-9-1-2-10(14)11(6-9)17-7-8-3-4-16-12(15)5-8/h1-6H,7H2. The van der Waals surface area contributed by atoms with Gasteiger partial charge in [-0.3, -0.25) is 0 Å². The molecule has 1 aromatic carbocycles. The highest BCUT2D eigenvalue weighted by Gasteiger charge is 2.03. The third-order valence-electron chi connectivity index (χ3n) is 2.08. The molecule has 0 atom stereocenters. The van der Waals surface area contributed by atoms with Crippen LogP contribution in [0.2, 0.25) is 15.2 Å². The van der Waals surface area contributed by atoms with Gasteiger partial charge in [-0.15, -0.1) is 11.8 Å². The van der Waals surface area contributed by atoms with Crippen LogP contribution < -0.4 is 0 Å². The van der Waals surface area contributed by atoms with Crippen molar-refractivity contribution >= 4 is 46.6 Å². The third-order valence-corrected chi connectivity index (χ3v) is 4.09. The Morgan fingerprint density at radius 2 is 1.88 bits per heavy atom. The second kappa shape index (κ2) is 5.96. The first-order valence-corrected chi connectivity index (χ1v) is 6.95. The number of thioether (sulfide) groups is 1. The van der Waals surface area contributed by atoms with Gasteiger partial charge in [0.2, 0.25) is 0 Å². The Morgan fingerprint density at radius 3 is 2.65 bits per heavy atom. The Morgan fingerprint density at radius 1 is 1.06 bits per heavy atom. The van der Waals surface area contributed by atoms with Crippen LogP contribution in [-0.4, -0.2) is 4.98 Å². The Hall–Kier alpha value is -0.410. The van der Waals surface area contributed by atoms with Crippen molar-refractivity contribution in [2.45, 2.75) is 10.6 Å². The van der Waals surface area contributed by atoms with Gasteiger partial charge in [-0.1, -0.05) is 34.8 Å². The summed E-state index contributed by atoms with van der Waals surface area (Å²) in [6, 6.07) is 9.20. The average molecular weight is 305 g/mol. The second-order valence-corrected chi connectivity index (χ2v) is 5.60. The van der Waals surface area contributed by atoms with E-state index in [9.17, 15) is 0 Å². The summed E-state index contributed by atoms with van der Waals surface area (Å²) in [5.41, 5.74) is 1.10. The van der Waals surface area contributed by atoms with E-state index in [4.69, 9.17) is 34.8 Å². The number of benzene rings is 1. The Labute approximate surface area is 119 Å². The van der Waals surface area contributed by atoms with Gasteiger partial charge in [0.15, 0.2) is 0 Å². The molecule has 1 aromatic heterocycles. The maximum atomic E-state index is 6.08. The number of halogens is 3. The molecule has 0 spiro atoms. The van der Waals surface area contributed by atoms with E-state index in [1.165, 1.54) is 0 Å². The van der Waals surface area contributed by atoms with Crippen LogP contribution >= 0.6 is 46.6 Å². The first kappa shape index (κ1) is 13.0. The van der Waals surface area contributed by atoms with Crippen molar-refractivity contribution in [3.63, 3.8) is 0 Å². The molecule has 0 aliphatic heterocycles. The predicted octanol–water partition coefficient (Wildman–Crippen LogP) is 5.33. The van der Waals surface area contributed by atoms with E-state index in [1.54, 1.807) is 30.1 Å². The van der Waals surface area contributed by atoms with Gasteiger partial charge in [0.25, 0.3) is 0 Å². The van der Waals surface area contributed by atoms with Crippen LogP contribution in [0.5, 0.6) is 0 Å². The van der Waals surface area contributed by atoms with Crippen molar-refractivity contribution < 1.29 is 0 Å². The smallest absolute Gasteiger partial charge is 0.129 e. The van der Waals surface area contributed by atoms with Gasteiger partial charge in [0.05, 0.1) is 5.02 Å². The summed E-state index contributed by atoms with van der Waals surface area (Å²) in [5.74, 6) is 0.780. The molecule has 1 heterocycles. The fourth-order valence-corrected chi connectivity index (χ4v) is 2.91. The highest BCUT2D eigenvalue weighted by Crippen LogP contribution is 2.32. The summed E-state index contributed by atoms with van der Waals surface area (Å²) in [6.45, 7) is 0. The van der Waals surface area contributed by atoms with E-state index < -0.39 is 0 Å². The van der Waals surface area contributed by atoms with E-state index >= 15 is 0 Å². The lowest BCUT2D eigenvalue weighted by molar-refractivity contribution is 1.27. The van der Waals surface area contributed by atoms with E-state index in [0.717, 1.165) is 16.2 Å². The summed E-state index contributed by atoms with van der Waals surface area (Å²) in [7, 11) is 0. The zero-order valence-corrected chi connectivity index (χ0v) is 11.7. The van der Waals surface area contributed by atoms with Gasteiger partial charge in [0, 0.05) is 21.9 Å². The number of rotatable bonds is 3. The molecular formula is C12H8Cl3NS. The fourth-order valence-electron chi connectivity index (χ4n) is 1.28. The Bertz CT molecular complexity index is 531. The topological polar surface area (TPSA) is 12.9 Å². The zero-order chi connectivity index (χ0) is 12.3. The lowest BCUT2D eigenvalue weighted by Gasteiger charge is -2.05. The maximum Gasteiger partial charge on any atom is 0.129 e. The molecule has 0 radical (unpaired) electrons. The molecule has 2 aromatic rings.